The Morgan fingerprint density at radius 3 is 2.69 bits per heavy atom. The number of aromatic hydroxyl groups is 1. The number of halogens is 1. The number of carboxylic acids is 1. The van der Waals surface area contributed by atoms with Crippen molar-refractivity contribution >= 4 is 5.97 Å². The Labute approximate surface area is 89.6 Å². The number of carbonyl (C=O) groups is 1. The minimum absolute atomic E-state index is 0.0906. The fraction of sp³-hybridized carbons (Fsp3) is 0. The van der Waals surface area contributed by atoms with Crippen molar-refractivity contribution in [3.63, 3.8) is 0 Å². The van der Waals surface area contributed by atoms with Crippen LogP contribution in [0.5, 0.6) is 5.75 Å². The molecule has 1 heterocycles. The molecule has 2 N–H and O–H groups in total. The van der Waals surface area contributed by atoms with Crippen LogP contribution in [0.25, 0.3) is 11.3 Å². The van der Waals surface area contributed by atoms with Crippen molar-refractivity contribution in [2.45, 2.75) is 0 Å². The molecule has 0 saturated carbocycles. The molecule has 0 bridgehead atoms. The predicted molar refractivity (Wildman–Crippen MR) is 52.7 cm³/mol. The summed E-state index contributed by atoms with van der Waals surface area (Å²) in [6, 6.07) is 4.86. The van der Waals surface area contributed by atoms with Crippen molar-refractivity contribution in [2.24, 2.45) is 0 Å². The predicted octanol–water partition coefficient (Wildman–Crippen LogP) is 2.49. The SMILES string of the molecule is O=C(O)c1cc(O)c(F)cc1-c1ccco1. The van der Waals surface area contributed by atoms with Crippen molar-refractivity contribution in [3.05, 3.63) is 41.9 Å². The summed E-state index contributed by atoms with van der Waals surface area (Å²) in [5, 5.41) is 18.0. The maximum Gasteiger partial charge on any atom is 0.336 e. The fourth-order valence-electron chi connectivity index (χ4n) is 1.37. The van der Waals surface area contributed by atoms with Gasteiger partial charge in [-0.25, -0.2) is 9.18 Å². The van der Waals surface area contributed by atoms with Crippen LogP contribution in [0.1, 0.15) is 10.4 Å². The third-order valence-corrected chi connectivity index (χ3v) is 2.10. The molecule has 0 radical (unpaired) electrons. The zero-order valence-corrected chi connectivity index (χ0v) is 7.98. The Balaban J connectivity index is 2.68. The largest absolute Gasteiger partial charge is 0.505 e. The van der Waals surface area contributed by atoms with Crippen LogP contribution in [0.2, 0.25) is 0 Å². The number of hydrogen-bond acceptors (Lipinski definition) is 3. The van der Waals surface area contributed by atoms with Crippen LogP contribution in [0.15, 0.2) is 34.9 Å². The Bertz CT molecular complexity index is 531. The zero-order valence-electron chi connectivity index (χ0n) is 7.98. The number of benzene rings is 1. The van der Waals surface area contributed by atoms with Gasteiger partial charge in [0, 0.05) is 5.56 Å². The molecule has 0 fully saturated rings. The number of phenols is 1. The van der Waals surface area contributed by atoms with Gasteiger partial charge in [0.25, 0.3) is 0 Å². The van der Waals surface area contributed by atoms with Crippen LogP contribution in [0, 0.1) is 5.82 Å². The molecule has 1 aromatic heterocycles. The minimum atomic E-state index is -1.26. The number of phenolic OH excluding ortho intramolecular Hbond substituents is 1. The van der Waals surface area contributed by atoms with E-state index in [9.17, 15) is 9.18 Å². The Morgan fingerprint density at radius 1 is 1.38 bits per heavy atom. The van der Waals surface area contributed by atoms with E-state index in [2.05, 4.69) is 0 Å². The molecule has 0 unspecified atom stereocenters. The lowest BCUT2D eigenvalue weighted by Gasteiger charge is -2.04. The molecule has 2 rings (SSSR count). The first-order valence-electron chi connectivity index (χ1n) is 4.39. The second kappa shape index (κ2) is 3.69. The van der Waals surface area contributed by atoms with E-state index in [1.54, 1.807) is 6.07 Å². The highest BCUT2D eigenvalue weighted by Crippen LogP contribution is 2.29. The lowest BCUT2D eigenvalue weighted by atomic mass is 10.0. The number of aromatic carboxylic acids is 1. The number of rotatable bonds is 2. The van der Waals surface area contributed by atoms with Gasteiger partial charge in [0.1, 0.15) is 5.76 Å². The molecule has 16 heavy (non-hydrogen) atoms. The van der Waals surface area contributed by atoms with Crippen molar-refractivity contribution in [1.82, 2.24) is 0 Å². The first-order chi connectivity index (χ1) is 7.59. The molecule has 0 saturated heterocycles. The molecule has 4 nitrogen and oxygen atoms in total. The third kappa shape index (κ3) is 1.63. The highest BCUT2D eigenvalue weighted by atomic mass is 19.1. The van der Waals surface area contributed by atoms with Crippen LogP contribution in [0.4, 0.5) is 4.39 Å². The molecule has 0 atom stereocenters. The summed E-state index contributed by atoms with van der Waals surface area (Å²) in [6.45, 7) is 0. The maximum atomic E-state index is 13.1. The summed E-state index contributed by atoms with van der Waals surface area (Å²) >= 11 is 0. The Morgan fingerprint density at radius 2 is 2.12 bits per heavy atom. The molecule has 0 amide bonds. The van der Waals surface area contributed by atoms with Gasteiger partial charge in [-0.1, -0.05) is 0 Å². The van der Waals surface area contributed by atoms with E-state index >= 15 is 0 Å². The molecular weight excluding hydrogens is 215 g/mol. The van der Waals surface area contributed by atoms with Gasteiger partial charge >= 0.3 is 5.97 Å². The van der Waals surface area contributed by atoms with Crippen molar-refractivity contribution in [2.75, 3.05) is 0 Å². The van der Waals surface area contributed by atoms with Crippen LogP contribution in [-0.4, -0.2) is 16.2 Å². The molecule has 0 aliphatic heterocycles. The molecular formula is C11H7FO4. The van der Waals surface area contributed by atoms with E-state index in [0.717, 1.165) is 12.1 Å². The minimum Gasteiger partial charge on any atom is -0.505 e. The van der Waals surface area contributed by atoms with E-state index in [1.807, 2.05) is 0 Å². The van der Waals surface area contributed by atoms with Gasteiger partial charge in [-0.2, -0.15) is 0 Å². The lowest BCUT2D eigenvalue weighted by molar-refractivity contribution is 0.0697. The number of carboxylic acid groups (broad SMARTS) is 1. The summed E-state index contributed by atoms with van der Waals surface area (Å²) in [6.07, 6.45) is 1.35. The molecule has 5 heteroatoms. The first-order valence-corrected chi connectivity index (χ1v) is 4.39. The summed E-state index contributed by atoms with van der Waals surface area (Å²) in [5.41, 5.74) is -0.123. The number of furan rings is 1. The third-order valence-electron chi connectivity index (χ3n) is 2.10. The van der Waals surface area contributed by atoms with Gasteiger partial charge in [0.15, 0.2) is 11.6 Å². The van der Waals surface area contributed by atoms with Gasteiger partial charge in [-0.3, -0.25) is 0 Å². The lowest BCUT2D eigenvalue weighted by Crippen LogP contribution is -2.00. The average Bonchev–Trinajstić information content (AvgIpc) is 2.74. The highest BCUT2D eigenvalue weighted by Gasteiger charge is 2.17. The average molecular weight is 222 g/mol. The van der Waals surface area contributed by atoms with Crippen LogP contribution in [0.3, 0.4) is 0 Å². The van der Waals surface area contributed by atoms with Crippen molar-refractivity contribution in [1.29, 1.82) is 0 Å². The van der Waals surface area contributed by atoms with Crippen molar-refractivity contribution in [3.8, 4) is 17.1 Å². The quantitative estimate of drug-likeness (QED) is 0.818. The summed E-state index contributed by atoms with van der Waals surface area (Å²) in [7, 11) is 0. The summed E-state index contributed by atoms with van der Waals surface area (Å²) in [4.78, 5) is 10.9. The number of hydrogen-bond donors (Lipinski definition) is 2. The van der Waals surface area contributed by atoms with E-state index in [0.29, 0.717) is 0 Å². The first kappa shape index (κ1) is 10.2. The summed E-state index contributed by atoms with van der Waals surface area (Å²) < 4.78 is 18.1. The highest BCUT2D eigenvalue weighted by molar-refractivity contribution is 5.95. The van der Waals surface area contributed by atoms with Crippen LogP contribution < -0.4 is 0 Å². The van der Waals surface area contributed by atoms with Crippen LogP contribution in [-0.2, 0) is 0 Å². The maximum absolute atomic E-state index is 13.1. The zero-order chi connectivity index (χ0) is 11.7. The van der Waals surface area contributed by atoms with E-state index in [-0.39, 0.29) is 16.9 Å². The van der Waals surface area contributed by atoms with E-state index in [4.69, 9.17) is 14.6 Å². The fourth-order valence-corrected chi connectivity index (χ4v) is 1.37. The molecule has 2 aromatic rings. The smallest absolute Gasteiger partial charge is 0.336 e. The second-order valence-electron chi connectivity index (χ2n) is 3.13. The monoisotopic (exact) mass is 222 g/mol. The Kier molecular flexibility index (Phi) is 2.36. The second-order valence-corrected chi connectivity index (χ2v) is 3.13. The normalized spacial score (nSPS) is 10.3. The topological polar surface area (TPSA) is 70.7 Å². The molecule has 0 aliphatic rings. The van der Waals surface area contributed by atoms with Crippen molar-refractivity contribution < 1.29 is 23.8 Å². The Hall–Kier alpha value is -2.30. The van der Waals surface area contributed by atoms with Gasteiger partial charge in [-0.15, -0.1) is 0 Å². The molecule has 1 aromatic carbocycles. The van der Waals surface area contributed by atoms with Crippen LogP contribution >= 0.6 is 0 Å². The van der Waals surface area contributed by atoms with Gasteiger partial charge in [0.2, 0.25) is 0 Å². The van der Waals surface area contributed by atoms with Gasteiger partial charge < -0.3 is 14.6 Å². The van der Waals surface area contributed by atoms with Gasteiger partial charge in [-0.05, 0) is 24.3 Å². The summed E-state index contributed by atoms with van der Waals surface area (Å²) in [5.74, 6) is -2.62. The van der Waals surface area contributed by atoms with E-state index < -0.39 is 17.5 Å². The molecule has 82 valence electrons. The van der Waals surface area contributed by atoms with E-state index in [1.165, 1.54) is 12.3 Å². The molecule has 0 spiro atoms. The standard InChI is InChI=1S/C11H7FO4/c12-8-4-6(10-2-1-3-16-10)7(11(14)15)5-9(8)13/h1-5,13H,(H,14,15). The van der Waals surface area contributed by atoms with Gasteiger partial charge in [0.05, 0.1) is 11.8 Å². The molecule has 0 aliphatic carbocycles.